The van der Waals surface area contributed by atoms with Crippen LogP contribution in [0.25, 0.3) is 0 Å². The minimum Gasteiger partial charge on any atom is -0.474 e. The molecule has 1 aliphatic carbocycles. The van der Waals surface area contributed by atoms with Gasteiger partial charge >= 0.3 is 0 Å². The van der Waals surface area contributed by atoms with Gasteiger partial charge in [0.15, 0.2) is 5.96 Å². The Kier molecular flexibility index (Phi) is 11.0. The van der Waals surface area contributed by atoms with Crippen molar-refractivity contribution in [2.24, 2.45) is 16.8 Å². The van der Waals surface area contributed by atoms with E-state index in [2.05, 4.69) is 29.5 Å². The number of hydrogen-bond donors (Lipinski definition) is 2. The zero-order valence-electron chi connectivity index (χ0n) is 20.0. The highest BCUT2D eigenvalue weighted by Crippen LogP contribution is 2.26. The fourth-order valence-electron chi connectivity index (χ4n) is 4.26. The van der Waals surface area contributed by atoms with Crippen molar-refractivity contribution in [2.45, 2.75) is 78.5 Å². The number of rotatable bonds is 7. The number of ether oxygens (including phenoxy) is 1. The number of aliphatic imine (C=N–C) groups is 1. The second-order valence-corrected chi connectivity index (χ2v) is 9.27. The van der Waals surface area contributed by atoms with Crippen molar-refractivity contribution in [3.8, 4) is 5.88 Å². The van der Waals surface area contributed by atoms with E-state index in [9.17, 15) is 4.79 Å². The fraction of sp³-hybridized carbons (Fsp3) is 0.708. The number of hydrogen-bond acceptors (Lipinski definition) is 4. The number of carbonyl (C=O) groups excluding carboxylic acids is 1. The van der Waals surface area contributed by atoms with E-state index in [1.165, 1.54) is 12.8 Å². The summed E-state index contributed by atoms with van der Waals surface area (Å²) in [6.45, 7) is 11.2. The SMILES string of the molecule is CCNC(=NCc1ccnc(OC2CCC(C)CC2)c1)NC1CCN(C(=O)C(C)C)C1.I. The van der Waals surface area contributed by atoms with Gasteiger partial charge in [-0.2, -0.15) is 0 Å². The van der Waals surface area contributed by atoms with Gasteiger partial charge in [-0.3, -0.25) is 4.79 Å². The molecule has 0 spiro atoms. The second-order valence-electron chi connectivity index (χ2n) is 9.27. The molecule has 1 saturated heterocycles. The van der Waals surface area contributed by atoms with Crippen molar-refractivity contribution in [3.63, 3.8) is 0 Å². The maximum Gasteiger partial charge on any atom is 0.225 e. The quantitative estimate of drug-likeness (QED) is 0.302. The Bertz CT molecular complexity index is 750. The van der Waals surface area contributed by atoms with E-state index >= 15 is 0 Å². The van der Waals surface area contributed by atoms with Gasteiger partial charge in [0.25, 0.3) is 0 Å². The molecule has 1 aromatic heterocycles. The first kappa shape index (κ1) is 26.7. The molecule has 32 heavy (non-hydrogen) atoms. The molecule has 1 atom stereocenters. The van der Waals surface area contributed by atoms with Crippen LogP contribution in [-0.2, 0) is 11.3 Å². The minimum absolute atomic E-state index is 0. The number of halogens is 1. The number of nitrogens with one attached hydrogen (secondary N) is 2. The van der Waals surface area contributed by atoms with Crippen LogP contribution >= 0.6 is 24.0 Å². The Morgan fingerprint density at radius 3 is 2.72 bits per heavy atom. The van der Waals surface area contributed by atoms with E-state index < -0.39 is 0 Å². The molecule has 2 N–H and O–H groups in total. The summed E-state index contributed by atoms with van der Waals surface area (Å²) < 4.78 is 6.13. The highest BCUT2D eigenvalue weighted by Gasteiger charge is 2.28. The number of pyridine rings is 1. The number of aromatic nitrogens is 1. The average molecular weight is 558 g/mol. The van der Waals surface area contributed by atoms with Gasteiger partial charge in [0.2, 0.25) is 11.8 Å². The second kappa shape index (κ2) is 13.2. The average Bonchev–Trinajstić information content (AvgIpc) is 3.22. The summed E-state index contributed by atoms with van der Waals surface area (Å²) in [4.78, 5) is 23.3. The molecule has 0 bridgehead atoms. The van der Waals surface area contributed by atoms with Crippen LogP contribution < -0.4 is 15.4 Å². The minimum atomic E-state index is 0. The zero-order valence-corrected chi connectivity index (χ0v) is 22.3. The van der Waals surface area contributed by atoms with Crippen molar-refractivity contribution in [3.05, 3.63) is 23.9 Å². The van der Waals surface area contributed by atoms with E-state index in [-0.39, 0.29) is 47.9 Å². The first-order valence-electron chi connectivity index (χ1n) is 11.9. The standard InChI is InChI=1S/C24H39N5O2.HI/c1-5-25-24(28-20-11-13-29(16-20)23(30)17(2)3)27-15-19-10-12-26-22(14-19)31-21-8-6-18(4)7-9-21;/h10,12,14,17-18,20-21H,5-9,11,13,15-16H2,1-4H3,(H2,25,27,28);1H. The number of carbonyl (C=O) groups is 1. The molecule has 1 unspecified atom stereocenters. The molecule has 8 heteroatoms. The lowest BCUT2D eigenvalue weighted by molar-refractivity contribution is -0.133. The van der Waals surface area contributed by atoms with Crippen molar-refractivity contribution in [1.29, 1.82) is 0 Å². The van der Waals surface area contributed by atoms with Crippen molar-refractivity contribution in [2.75, 3.05) is 19.6 Å². The number of likely N-dealkylation sites (tertiary alicyclic amines) is 1. The lowest BCUT2D eigenvalue weighted by Gasteiger charge is -2.26. The first-order valence-corrected chi connectivity index (χ1v) is 11.9. The zero-order chi connectivity index (χ0) is 22.2. The molecule has 3 rings (SSSR count). The van der Waals surface area contributed by atoms with Crippen LogP contribution in [0.15, 0.2) is 23.3 Å². The van der Waals surface area contributed by atoms with Crippen LogP contribution in [0, 0.1) is 11.8 Å². The molecule has 0 radical (unpaired) electrons. The topological polar surface area (TPSA) is 78.9 Å². The molecule has 2 heterocycles. The lowest BCUT2D eigenvalue weighted by atomic mass is 9.89. The van der Waals surface area contributed by atoms with E-state index in [0.29, 0.717) is 12.4 Å². The van der Waals surface area contributed by atoms with Crippen molar-refractivity contribution in [1.82, 2.24) is 20.5 Å². The third-order valence-electron chi connectivity index (χ3n) is 6.15. The molecule has 1 aliphatic heterocycles. The van der Waals surface area contributed by atoms with E-state index in [1.807, 2.05) is 30.9 Å². The summed E-state index contributed by atoms with van der Waals surface area (Å²) in [5, 5.41) is 6.81. The first-order chi connectivity index (χ1) is 14.9. The third-order valence-corrected chi connectivity index (χ3v) is 6.15. The molecule has 2 fully saturated rings. The molecular formula is C24H40IN5O2. The molecule has 1 aromatic rings. The Morgan fingerprint density at radius 1 is 1.28 bits per heavy atom. The van der Waals surface area contributed by atoms with Gasteiger partial charge in [-0.05, 0) is 56.6 Å². The lowest BCUT2D eigenvalue weighted by Crippen LogP contribution is -2.45. The molecular weight excluding hydrogens is 517 g/mol. The summed E-state index contributed by atoms with van der Waals surface area (Å²) >= 11 is 0. The van der Waals surface area contributed by atoms with Crippen LogP contribution in [0.2, 0.25) is 0 Å². The Balaban J connectivity index is 0.00000363. The van der Waals surface area contributed by atoms with Gasteiger partial charge in [-0.15, -0.1) is 24.0 Å². The summed E-state index contributed by atoms with van der Waals surface area (Å²) in [6.07, 6.45) is 7.70. The van der Waals surface area contributed by atoms with Crippen molar-refractivity contribution >= 4 is 35.8 Å². The van der Waals surface area contributed by atoms with Crippen molar-refractivity contribution < 1.29 is 9.53 Å². The van der Waals surface area contributed by atoms with Gasteiger partial charge in [0.1, 0.15) is 6.10 Å². The Morgan fingerprint density at radius 2 is 2.03 bits per heavy atom. The van der Waals surface area contributed by atoms with Gasteiger partial charge in [-0.1, -0.05) is 20.8 Å². The number of nitrogens with zero attached hydrogens (tertiary/aromatic N) is 3. The third kappa shape index (κ3) is 8.08. The predicted octanol–water partition coefficient (Wildman–Crippen LogP) is 3.97. The molecule has 180 valence electrons. The molecule has 7 nitrogen and oxygen atoms in total. The smallest absolute Gasteiger partial charge is 0.225 e. The van der Waals surface area contributed by atoms with Crippen LogP contribution in [0.5, 0.6) is 5.88 Å². The van der Waals surface area contributed by atoms with Gasteiger partial charge in [-0.25, -0.2) is 9.98 Å². The normalized spacial score (nSPS) is 23.6. The monoisotopic (exact) mass is 557 g/mol. The van der Waals surface area contributed by atoms with Crippen LogP contribution in [-0.4, -0.2) is 53.5 Å². The number of guanidine groups is 1. The van der Waals surface area contributed by atoms with Crippen LogP contribution in [0.4, 0.5) is 0 Å². The summed E-state index contributed by atoms with van der Waals surface area (Å²) in [5.74, 6) is 2.56. The van der Waals surface area contributed by atoms with E-state index in [0.717, 1.165) is 56.3 Å². The van der Waals surface area contributed by atoms with Crippen LogP contribution in [0.3, 0.4) is 0 Å². The molecule has 0 aromatic carbocycles. The van der Waals surface area contributed by atoms with Gasteiger partial charge < -0.3 is 20.3 Å². The van der Waals surface area contributed by atoms with Crippen LogP contribution in [0.1, 0.15) is 65.4 Å². The maximum atomic E-state index is 12.2. The fourth-order valence-corrected chi connectivity index (χ4v) is 4.26. The summed E-state index contributed by atoms with van der Waals surface area (Å²) in [5.41, 5.74) is 1.08. The highest BCUT2D eigenvalue weighted by molar-refractivity contribution is 14.0. The van der Waals surface area contributed by atoms with E-state index in [1.54, 1.807) is 6.20 Å². The summed E-state index contributed by atoms with van der Waals surface area (Å²) in [7, 11) is 0. The summed E-state index contributed by atoms with van der Waals surface area (Å²) in [6, 6.07) is 4.22. The highest BCUT2D eigenvalue weighted by atomic mass is 127. The van der Waals surface area contributed by atoms with Gasteiger partial charge in [0, 0.05) is 43.9 Å². The van der Waals surface area contributed by atoms with Gasteiger partial charge in [0.05, 0.1) is 6.54 Å². The molecule has 1 amide bonds. The largest absolute Gasteiger partial charge is 0.474 e. The Labute approximate surface area is 210 Å². The predicted molar refractivity (Wildman–Crippen MR) is 139 cm³/mol. The maximum absolute atomic E-state index is 12.2. The molecule has 1 saturated carbocycles. The number of amides is 1. The van der Waals surface area contributed by atoms with E-state index in [4.69, 9.17) is 9.73 Å². The molecule has 2 aliphatic rings. The Hall–Kier alpha value is -1.58.